The van der Waals surface area contributed by atoms with Crippen molar-refractivity contribution in [3.05, 3.63) is 55.1 Å². The monoisotopic (exact) mass is 376 g/mol. The van der Waals surface area contributed by atoms with Gasteiger partial charge in [0.1, 0.15) is 4.34 Å². The van der Waals surface area contributed by atoms with Crippen LogP contribution in [0.4, 0.5) is 0 Å². The van der Waals surface area contributed by atoms with Gasteiger partial charge in [-0.2, -0.15) is 0 Å². The second-order valence-corrected chi connectivity index (χ2v) is 8.48. The highest BCUT2D eigenvalue weighted by Gasteiger charge is 2.17. The van der Waals surface area contributed by atoms with Crippen molar-refractivity contribution in [2.75, 3.05) is 0 Å². The minimum Gasteiger partial charge on any atom is -0.125 e. The van der Waals surface area contributed by atoms with E-state index in [9.17, 15) is 0 Å². The second-order valence-electron chi connectivity index (χ2n) is 5.50. The van der Waals surface area contributed by atoms with Gasteiger partial charge in [0.25, 0.3) is 0 Å². The van der Waals surface area contributed by atoms with E-state index in [1.165, 1.54) is 16.9 Å². The highest BCUT2D eigenvalue weighted by Crippen LogP contribution is 2.40. The summed E-state index contributed by atoms with van der Waals surface area (Å²) < 4.78 is 1.65. The van der Waals surface area contributed by atoms with Crippen LogP contribution in [0.1, 0.15) is 42.2 Å². The van der Waals surface area contributed by atoms with Gasteiger partial charge < -0.3 is 0 Å². The first kappa shape index (κ1) is 15.4. The summed E-state index contributed by atoms with van der Waals surface area (Å²) >= 11 is 17.5. The Morgan fingerprint density at radius 2 is 1.74 bits per heavy atom. The van der Waals surface area contributed by atoms with Gasteiger partial charge in [0.2, 0.25) is 0 Å². The van der Waals surface area contributed by atoms with Crippen LogP contribution in [0.15, 0.2) is 34.8 Å². The van der Waals surface area contributed by atoms with Crippen molar-refractivity contribution >= 4 is 50.5 Å². The third-order valence-corrected chi connectivity index (χ3v) is 6.14. The quantitative estimate of drug-likeness (QED) is 0.505. The van der Waals surface area contributed by atoms with Gasteiger partial charge in [-0.05, 0) is 38.5 Å². The molecule has 0 saturated carbocycles. The highest BCUT2D eigenvalue weighted by molar-refractivity contribution is 9.10. The Morgan fingerprint density at radius 3 is 2.16 bits per heavy atom. The van der Waals surface area contributed by atoms with Crippen molar-refractivity contribution in [2.45, 2.75) is 31.6 Å². The molecular formula is C15H15BrCl2S. The number of thiophene rings is 1. The summed E-state index contributed by atoms with van der Waals surface area (Å²) in [4.78, 5) is 1.06. The van der Waals surface area contributed by atoms with Gasteiger partial charge in [0.15, 0.2) is 0 Å². The summed E-state index contributed by atoms with van der Waals surface area (Å²) in [5.41, 5.74) is 2.57. The van der Waals surface area contributed by atoms with Crippen LogP contribution in [0, 0.1) is 0 Å². The average Bonchev–Trinajstić information content (AvgIpc) is 2.68. The molecule has 0 aliphatic heterocycles. The van der Waals surface area contributed by atoms with E-state index in [1.54, 1.807) is 0 Å². The summed E-state index contributed by atoms with van der Waals surface area (Å²) in [5, 5.41) is -0.150. The lowest BCUT2D eigenvalue weighted by atomic mass is 9.86. The number of hydrogen-bond acceptors (Lipinski definition) is 1. The third-order valence-electron chi connectivity index (χ3n) is 2.98. The van der Waals surface area contributed by atoms with Crippen LogP contribution in [0.3, 0.4) is 0 Å². The Labute approximate surface area is 136 Å². The lowest BCUT2D eigenvalue weighted by Gasteiger charge is -2.19. The number of alkyl halides is 1. The first-order chi connectivity index (χ1) is 8.79. The van der Waals surface area contributed by atoms with Crippen LogP contribution in [0.5, 0.6) is 0 Å². The molecule has 1 heterocycles. The van der Waals surface area contributed by atoms with Crippen molar-refractivity contribution in [3.63, 3.8) is 0 Å². The van der Waals surface area contributed by atoms with E-state index in [1.807, 2.05) is 6.07 Å². The van der Waals surface area contributed by atoms with Gasteiger partial charge in [-0.3, -0.25) is 0 Å². The Balaban J connectivity index is 2.27. The fourth-order valence-corrected chi connectivity index (χ4v) is 3.89. The molecule has 1 atom stereocenters. The predicted molar refractivity (Wildman–Crippen MR) is 89.9 cm³/mol. The van der Waals surface area contributed by atoms with Crippen LogP contribution >= 0.6 is 50.5 Å². The van der Waals surface area contributed by atoms with Crippen molar-refractivity contribution in [2.24, 2.45) is 0 Å². The number of benzene rings is 1. The molecule has 1 unspecified atom stereocenters. The van der Waals surface area contributed by atoms with Gasteiger partial charge in [0, 0.05) is 9.35 Å². The summed E-state index contributed by atoms with van der Waals surface area (Å²) in [6.45, 7) is 6.61. The fourth-order valence-electron chi connectivity index (χ4n) is 1.80. The molecule has 19 heavy (non-hydrogen) atoms. The highest BCUT2D eigenvalue weighted by atomic mass is 79.9. The molecule has 0 radical (unpaired) electrons. The Kier molecular flexibility index (Phi) is 4.67. The molecule has 2 rings (SSSR count). The molecule has 1 aromatic heterocycles. The molecule has 0 nitrogen and oxygen atoms in total. The summed E-state index contributed by atoms with van der Waals surface area (Å²) in [6, 6.07) is 10.5. The standard InChI is InChI=1S/C15H15BrCl2S/c1-15(2,3)10-6-4-9(5-7-10)13(17)12-8-11(16)14(18)19-12/h4-8,13H,1-3H3. The molecule has 0 spiro atoms. The molecular weight excluding hydrogens is 363 g/mol. The maximum absolute atomic E-state index is 6.51. The minimum atomic E-state index is -0.150. The largest absolute Gasteiger partial charge is 0.125 e. The maximum atomic E-state index is 6.51. The van der Waals surface area contributed by atoms with Gasteiger partial charge in [-0.1, -0.05) is 56.6 Å². The topological polar surface area (TPSA) is 0 Å². The number of halogens is 3. The molecule has 102 valence electrons. The van der Waals surface area contributed by atoms with Crippen molar-refractivity contribution in [1.29, 1.82) is 0 Å². The van der Waals surface area contributed by atoms with E-state index < -0.39 is 0 Å². The van der Waals surface area contributed by atoms with Gasteiger partial charge in [0.05, 0.1) is 5.38 Å². The lowest BCUT2D eigenvalue weighted by Crippen LogP contribution is -2.10. The third kappa shape index (κ3) is 3.55. The smallest absolute Gasteiger partial charge is 0.107 e. The molecule has 0 N–H and O–H groups in total. The van der Waals surface area contributed by atoms with Crippen molar-refractivity contribution < 1.29 is 0 Å². The van der Waals surface area contributed by atoms with Crippen LogP contribution in [-0.4, -0.2) is 0 Å². The van der Waals surface area contributed by atoms with Crippen LogP contribution in [-0.2, 0) is 5.41 Å². The zero-order valence-electron chi connectivity index (χ0n) is 11.0. The zero-order chi connectivity index (χ0) is 14.2. The van der Waals surface area contributed by atoms with Crippen LogP contribution in [0.2, 0.25) is 4.34 Å². The normalized spacial score (nSPS) is 13.6. The van der Waals surface area contributed by atoms with Crippen molar-refractivity contribution in [1.82, 2.24) is 0 Å². The molecule has 0 amide bonds. The SMILES string of the molecule is CC(C)(C)c1ccc(C(Cl)c2cc(Br)c(Cl)s2)cc1. The maximum Gasteiger partial charge on any atom is 0.107 e. The van der Waals surface area contributed by atoms with E-state index in [2.05, 4.69) is 61.0 Å². The Bertz CT molecular complexity index is 547. The molecule has 1 aromatic carbocycles. The van der Waals surface area contributed by atoms with E-state index >= 15 is 0 Å². The number of rotatable bonds is 2. The van der Waals surface area contributed by atoms with E-state index in [0.717, 1.165) is 19.2 Å². The van der Waals surface area contributed by atoms with Crippen molar-refractivity contribution in [3.8, 4) is 0 Å². The number of hydrogen-bond donors (Lipinski definition) is 0. The van der Waals surface area contributed by atoms with E-state index in [4.69, 9.17) is 23.2 Å². The average molecular weight is 378 g/mol. The molecule has 2 aromatic rings. The van der Waals surface area contributed by atoms with Gasteiger partial charge in [-0.15, -0.1) is 22.9 Å². The lowest BCUT2D eigenvalue weighted by molar-refractivity contribution is 0.590. The predicted octanol–water partition coefficient (Wildman–Crippen LogP) is 6.79. The summed E-state index contributed by atoms with van der Waals surface area (Å²) in [5.74, 6) is 0. The van der Waals surface area contributed by atoms with E-state index in [-0.39, 0.29) is 10.8 Å². The molecule has 0 aliphatic rings. The first-order valence-corrected chi connectivity index (χ1v) is 8.40. The van der Waals surface area contributed by atoms with Gasteiger partial charge >= 0.3 is 0 Å². The van der Waals surface area contributed by atoms with Crippen LogP contribution in [0.25, 0.3) is 0 Å². The molecule has 0 bridgehead atoms. The minimum absolute atomic E-state index is 0.150. The summed E-state index contributed by atoms with van der Waals surface area (Å²) in [7, 11) is 0. The Morgan fingerprint density at radius 1 is 1.16 bits per heavy atom. The summed E-state index contributed by atoms with van der Waals surface area (Å²) in [6.07, 6.45) is 0. The second kappa shape index (κ2) is 5.77. The van der Waals surface area contributed by atoms with E-state index in [0.29, 0.717) is 0 Å². The zero-order valence-corrected chi connectivity index (χ0v) is 14.9. The fraction of sp³-hybridized carbons (Fsp3) is 0.333. The molecule has 0 fully saturated rings. The Hall–Kier alpha value is -0.0200. The molecule has 4 heteroatoms. The first-order valence-electron chi connectivity index (χ1n) is 5.98. The van der Waals surface area contributed by atoms with Gasteiger partial charge in [-0.25, -0.2) is 0 Å². The molecule has 0 saturated heterocycles. The molecule has 0 aliphatic carbocycles. The van der Waals surface area contributed by atoms with Crippen LogP contribution < -0.4 is 0 Å².